The molecule has 14 rings (SSSR count). The predicted molar refractivity (Wildman–Crippen MR) is 331 cm³/mol. The summed E-state index contributed by atoms with van der Waals surface area (Å²) in [7, 11) is 0. The Bertz CT molecular complexity index is 4560. The molecular formula is C75H61BN2. The smallest absolute Gasteiger partial charge is 0.247 e. The number of para-hydroxylation sites is 3. The van der Waals surface area contributed by atoms with E-state index in [0.29, 0.717) is 11.1 Å². The summed E-state index contributed by atoms with van der Waals surface area (Å²) in [5.74, 6) is 0. The van der Waals surface area contributed by atoms with Crippen LogP contribution >= 0.6 is 0 Å². The van der Waals surface area contributed by atoms with Crippen LogP contribution in [0.2, 0.25) is 0 Å². The van der Waals surface area contributed by atoms with Crippen molar-refractivity contribution < 1.29 is 13.7 Å². The summed E-state index contributed by atoms with van der Waals surface area (Å²) in [4.78, 5) is 4.77. The standard InChI is InChI=1S/C75H61BN2/c1-73(2,3)56-46-59(52-30-16-9-17-31-52)72(60(47-56)53-32-18-10-19-33-53)78-69-43-41-55(51-28-14-8-15-29-51)45-66(69)76-65-44-54(50-26-12-7-13-27-50)40-42-61(65)75(64-48-57(74(4,5)6)49-70(78)71(64)76)62-36-22-24-38-67(62)77(58-34-20-11-21-35-58)68-39-25-23-37-63(68)75/h7-49H,1-6H3/i7D,8D,12D,13D,14D,15D,26D,27D,28D,29D. The molecule has 0 fully saturated rings. The zero-order chi connectivity index (χ0) is 61.6. The molecule has 11 aromatic carbocycles. The van der Waals surface area contributed by atoms with E-state index in [9.17, 15) is 5.48 Å². The third-order valence-corrected chi connectivity index (χ3v) is 16.4. The van der Waals surface area contributed by atoms with Crippen molar-refractivity contribution in [3.63, 3.8) is 0 Å². The summed E-state index contributed by atoms with van der Waals surface area (Å²) >= 11 is 0. The highest BCUT2D eigenvalue weighted by molar-refractivity contribution is 6.99. The van der Waals surface area contributed by atoms with Crippen LogP contribution < -0.4 is 26.2 Å². The number of anilines is 6. The summed E-state index contributed by atoms with van der Waals surface area (Å²) < 4.78 is 91.0. The maximum Gasteiger partial charge on any atom is 0.247 e. The fraction of sp³-hybridized carbons (Fsp3) is 0.120. The number of nitrogens with zero attached hydrogens (tertiary/aromatic N) is 2. The van der Waals surface area contributed by atoms with E-state index in [4.69, 9.17) is 8.22 Å². The molecule has 0 bridgehead atoms. The van der Waals surface area contributed by atoms with E-state index in [-0.39, 0.29) is 40.7 Å². The number of rotatable bonds is 6. The van der Waals surface area contributed by atoms with E-state index in [2.05, 4.69) is 203 Å². The summed E-state index contributed by atoms with van der Waals surface area (Å²) in [6, 6.07) is 66.1. The van der Waals surface area contributed by atoms with E-state index in [1.165, 1.54) is 0 Å². The Morgan fingerprint density at radius 2 is 0.833 bits per heavy atom. The number of hydrogen-bond acceptors (Lipinski definition) is 2. The number of fused-ring (bicyclic) bond motifs is 10. The van der Waals surface area contributed by atoms with Crippen molar-refractivity contribution in [1.82, 2.24) is 0 Å². The lowest BCUT2D eigenvalue weighted by Gasteiger charge is -2.53. The Morgan fingerprint density at radius 3 is 1.37 bits per heavy atom. The fourth-order valence-corrected chi connectivity index (χ4v) is 12.8. The van der Waals surface area contributed by atoms with Crippen LogP contribution in [0.25, 0.3) is 44.5 Å². The molecule has 0 aliphatic carbocycles. The third kappa shape index (κ3) is 7.39. The quantitative estimate of drug-likeness (QED) is 0.153. The Labute approximate surface area is 475 Å². The maximum absolute atomic E-state index is 9.46. The average Bonchev–Trinajstić information content (AvgIpc) is 0.675. The zero-order valence-corrected chi connectivity index (χ0v) is 44.5. The maximum atomic E-state index is 9.46. The lowest BCUT2D eigenvalue weighted by Crippen LogP contribution is -2.65. The van der Waals surface area contributed by atoms with Crippen LogP contribution in [-0.2, 0) is 16.2 Å². The first kappa shape index (κ1) is 37.8. The van der Waals surface area contributed by atoms with Crippen LogP contribution in [0.5, 0.6) is 0 Å². The Kier molecular flexibility index (Phi) is 8.77. The molecule has 0 N–H and O–H groups in total. The van der Waals surface area contributed by atoms with Crippen LogP contribution in [0.4, 0.5) is 34.1 Å². The topological polar surface area (TPSA) is 6.48 Å². The minimum Gasteiger partial charge on any atom is -0.310 e. The van der Waals surface area contributed by atoms with Crippen molar-refractivity contribution >= 4 is 57.2 Å². The predicted octanol–water partition coefficient (Wildman–Crippen LogP) is 17.7. The number of hydrogen-bond donors (Lipinski definition) is 0. The van der Waals surface area contributed by atoms with E-state index >= 15 is 0 Å². The highest BCUT2D eigenvalue weighted by Gasteiger charge is 2.56. The SMILES string of the molecule is [2H]c1c([2H])c([2H])c(-c2ccc3c(c2)B2c4cc(-c5c([2H])c([2H])c([2H])c([2H])c5[2H])ccc4C4(c5ccccc5N(c5ccccc5)c5ccccc54)c4cc(C(C)(C)C)cc(c42)N3c2c(-c3ccccc3)cc(C(C)(C)C)cc2-c2ccccc2)c([2H])c1[2H]. The Balaban J connectivity index is 1.23. The van der Waals surface area contributed by atoms with E-state index < -0.39 is 53.8 Å². The summed E-state index contributed by atoms with van der Waals surface area (Å²) in [6.45, 7) is 12.8. The first-order valence-electron chi connectivity index (χ1n) is 31.9. The van der Waals surface area contributed by atoms with E-state index in [1.54, 1.807) is 0 Å². The molecule has 0 unspecified atom stereocenters. The normalized spacial score (nSPS) is 15.6. The minimum absolute atomic E-state index is 0.0652. The van der Waals surface area contributed by atoms with Gasteiger partial charge in [0.2, 0.25) is 6.71 Å². The molecule has 3 heterocycles. The molecule has 0 radical (unpaired) electrons. The van der Waals surface area contributed by atoms with Crippen molar-refractivity contribution in [3.05, 3.63) is 294 Å². The molecule has 3 heteroatoms. The largest absolute Gasteiger partial charge is 0.310 e. The van der Waals surface area contributed by atoms with E-state index in [1.807, 2.05) is 48.5 Å². The van der Waals surface area contributed by atoms with Crippen molar-refractivity contribution in [2.24, 2.45) is 0 Å². The van der Waals surface area contributed by atoms with Crippen LogP contribution in [0.15, 0.2) is 261 Å². The molecular weight excluding hydrogens is 940 g/mol. The monoisotopic (exact) mass is 1010 g/mol. The van der Waals surface area contributed by atoms with Gasteiger partial charge in [-0.25, -0.2) is 0 Å². The fourth-order valence-electron chi connectivity index (χ4n) is 12.8. The van der Waals surface area contributed by atoms with E-state index in [0.717, 1.165) is 106 Å². The van der Waals surface area contributed by atoms with Crippen molar-refractivity contribution in [2.75, 3.05) is 9.80 Å². The summed E-state index contributed by atoms with van der Waals surface area (Å²) in [5, 5.41) is 0. The van der Waals surface area contributed by atoms with Crippen molar-refractivity contribution in [1.29, 1.82) is 0 Å². The first-order valence-corrected chi connectivity index (χ1v) is 26.9. The molecule has 0 saturated heterocycles. The molecule has 11 aromatic rings. The highest BCUT2D eigenvalue weighted by Crippen LogP contribution is 2.60. The molecule has 0 amide bonds. The second-order valence-electron chi connectivity index (χ2n) is 22.9. The zero-order valence-electron chi connectivity index (χ0n) is 54.5. The average molecular weight is 1010 g/mol. The molecule has 1 spiro atoms. The molecule has 78 heavy (non-hydrogen) atoms. The van der Waals surface area contributed by atoms with Gasteiger partial charge in [0.05, 0.1) is 36.2 Å². The Hall–Kier alpha value is -8.92. The van der Waals surface area contributed by atoms with Gasteiger partial charge in [-0.05, 0) is 137 Å². The van der Waals surface area contributed by atoms with Crippen LogP contribution in [0.3, 0.4) is 0 Å². The Morgan fingerprint density at radius 1 is 0.359 bits per heavy atom. The lowest BCUT2D eigenvalue weighted by molar-refractivity contribution is 0.587. The van der Waals surface area contributed by atoms with Gasteiger partial charge < -0.3 is 9.80 Å². The first-order chi connectivity index (χ1) is 42.1. The van der Waals surface area contributed by atoms with Crippen LogP contribution in [-0.4, -0.2) is 6.71 Å². The lowest BCUT2D eigenvalue weighted by atomic mass is 9.29. The molecule has 3 aliphatic heterocycles. The highest BCUT2D eigenvalue weighted by atomic mass is 15.2. The van der Waals surface area contributed by atoms with Gasteiger partial charge in [-0.2, -0.15) is 0 Å². The molecule has 2 nitrogen and oxygen atoms in total. The van der Waals surface area contributed by atoms with Gasteiger partial charge in [-0.15, -0.1) is 0 Å². The van der Waals surface area contributed by atoms with Gasteiger partial charge in [0.25, 0.3) is 0 Å². The number of benzene rings is 11. The second-order valence-corrected chi connectivity index (χ2v) is 22.9. The van der Waals surface area contributed by atoms with Crippen molar-refractivity contribution in [2.45, 2.75) is 57.8 Å². The summed E-state index contributed by atoms with van der Waals surface area (Å²) in [5.41, 5.74) is 17.4. The van der Waals surface area contributed by atoms with Crippen LogP contribution in [0, 0.1) is 0 Å². The van der Waals surface area contributed by atoms with Gasteiger partial charge >= 0.3 is 0 Å². The molecule has 0 atom stereocenters. The third-order valence-electron chi connectivity index (χ3n) is 16.4. The molecule has 0 aromatic heterocycles. The van der Waals surface area contributed by atoms with Gasteiger partial charge in [0.15, 0.2) is 0 Å². The van der Waals surface area contributed by atoms with Gasteiger partial charge in [0, 0.05) is 28.2 Å². The van der Waals surface area contributed by atoms with Gasteiger partial charge in [0.1, 0.15) is 0 Å². The molecule has 3 aliphatic rings. The summed E-state index contributed by atoms with van der Waals surface area (Å²) in [6.07, 6.45) is 0. The minimum atomic E-state index is -1.11. The van der Waals surface area contributed by atoms with Crippen LogP contribution in [0.1, 0.15) is 88.6 Å². The van der Waals surface area contributed by atoms with Gasteiger partial charge in [-0.1, -0.05) is 259 Å². The molecule has 374 valence electrons. The second kappa shape index (κ2) is 18.1. The van der Waals surface area contributed by atoms with Gasteiger partial charge in [-0.3, -0.25) is 0 Å². The van der Waals surface area contributed by atoms with Crippen molar-refractivity contribution in [3.8, 4) is 44.5 Å². The molecule has 0 saturated carbocycles.